The van der Waals surface area contributed by atoms with Crippen LogP contribution in [0.1, 0.15) is 32.2 Å². The third-order valence-electron chi connectivity index (χ3n) is 5.28. The summed E-state index contributed by atoms with van der Waals surface area (Å²) in [6, 6.07) is 14.3. The SMILES string of the molecule is Cc1cc(C(=O)COC(=O)c2nn(C)c(=O)c3ccccc23)c(C)n1-c1cccc(F)c1. The number of carbonyl (C=O) groups excluding carboxylic acids is 2. The zero-order valence-corrected chi connectivity index (χ0v) is 17.8. The minimum absolute atomic E-state index is 0.0410. The molecule has 0 unspecified atom stereocenters. The second kappa shape index (κ2) is 8.22. The summed E-state index contributed by atoms with van der Waals surface area (Å²) in [7, 11) is 1.44. The maximum atomic E-state index is 13.7. The van der Waals surface area contributed by atoms with E-state index in [2.05, 4.69) is 5.10 Å². The molecule has 0 radical (unpaired) electrons. The van der Waals surface area contributed by atoms with E-state index >= 15 is 0 Å². The van der Waals surface area contributed by atoms with Gasteiger partial charge in [0.2, 0.25) is 5.78 Å². The smallest absolute Gasteiger partial charge is 0.359 e. The standard InChI is InChI=1S/C24H20FN3O4/c1-14-11-20(15(2)28(14)17-8-6-7-16(25)12-17)21(29)13-32-24(31)22-18-9-4-5-10-19(18)23(30)27(3)26-22/h4-12H,13H2,1-3H3. The van der Waals surface area contributed by atoms with E-state index in [1.807, 2.05) is 0 Å². The molecule has 0 atom stereocenters. The monoisotopic (exact) mass is 433 g/mol. The third-order valence-corrected chi connectivity index (χ3v) is 5.28. The maximum Gasteiger partial charge on any atom is 0.359 e. The van der Waals surface area contributed by atoms with E-state index in [-0.39, 0.29) is 17.1 Å². The predicted octanol–water partition coefficient (Wildman–Crippen LogP) is 3.52. The minimum atomic E-state index is -0.802. The highest BCUT2D eigenvalue weighted by atomic mass is 19.1. The first-order valence-electron chi connectivity index (χ1n) is 9.89. The fourth-order valence-corrected chi connectivity index (χ4v) is 3.79. The summed E-state index contributed by atoms with van der Waals surface area (Å²) in [5, 5.41) is 4.71. The lowest BCUT2D eigenvalue weighted by molar-refractivity contribution is 0.0468. The Bertz CT molecular complexity index is 1440. The van der Waals surface area contributed by atoms with Crippen LogP contribution in [0, 0.1) is 19.7 Å². The van der Waals surface area contributed by atoms with Gasteiger partial charge in [-0.2, -0.15) is 5.10 Å². The second-order valence-corrected chi connectivity index (χ2v) is 7.42. The Morgan fingerprint density at radius 2 is 1.75 bits per heavy atom. The van der Waals surface area contributed by atoms with Crippen LogP contribution in [0.15, 0.2) is 59.4 Å². The van der Waals surface area contributed by atoms with Gasteiger partial charge in [0.25, 0.3) is 5.56 Å². The molecule has 2 aromatic carbocycles. The molecule has 4 rings (SSSR count). The molecule has 0 saturated heterocycles. The lowest BCUT2D eigenvalue weighted by atomic mass is 10.1. The molecule has 0 amide bonds. The molecule has 7 nitrogen and oxygen atoms in total. The summed E-state index contributed by atoms with van der Waals surface area (Å²) in [6.45, 7) is 3.06. The molecule has 2 heterocycles. The molecule has 0 bridgehead atoms. The van der Waals surface area contributed by atoms with Gasteiger partial charge in [-0.1, -0.05) is 24.3 Å². The molecule has 0 aliphatic heterocycles. The van der Waals surface area contributed by atoms with Gasteiger partial charge in [0, 0.05) is 35.1 Å². The van der Waals surface area contributed by atoms with Crippen molar-refractivity contribution in [3.63, 3.8) is 0 Å². The maximum absolute atomic E-state index is 13.7. The number of benzene rings is 2. The number of Topliss-reactive ketones (excluding diaryl/α,β-unsaturated/α-hetero) is 1. The number of hydrogen-bond acceptors (Lipinski definition) is 5. The highest BCUT2D eigenvalue weighted by Gasteiger charge is 2.21. The van der Waals surface area contributed by atoms with Crippen LogP contribution in [-0.4, -0.2) is 32.7 Å². The molecule has 0 aliphatic carbocycles. The Morgan fingerprint density at radius 3 is 2.47 bits per heavy atom. The Balaban J connectivity index is 1.59. The normalized spacial score (nSPS) is 11.0. The zero-order chi connectivity index (χ0) is 23.0. The van der Waals surface area contributed by atoms with Crippen molar-refractivity contribution in [1.29, 1.82) is 0 Å². The number of nitrogens with zero attached hydrogens (tertiary/aromatic N) is 3. The number of ketones is 1. The first-order chi connectivity index (χ1) is 15.3. The average molecular weight is 433 g/mol. The van der Waals surface area contributed by atoms with Crippen molar-refractivity contribution in [2.45, 2.75) is 13.8 Å². The van der Waals surface area contributed by atoms with Crippen LogP contribution in [0.2, 0.25) is 0 Å². The predicted molar refractivity (Wildman–Crippen MR) is 117 cm³/mol. The molecule has 0 N–H and O–H groups in total. The molecule has 2 aromatic heterocycles. The minimum Gasteiger partial charge on any atom is -0.452 e. The summed E-state index contributed by atoms with van der Waals surface area (Å²) in [5.41, 5.74) is 1.95. The van der Waals surface area contributed by atoms with Crippen molar-refractivity contribution < 1.29 is 18.7 Å². The summed E-state index contributed by atoms with van der Waals surface area (Å²) in [5.74, 6) is -1.58. The van der Waals surface area contributed by atoms with Crippen molar-refractivity contribution in [3.8, 4) is 5.69 Å². The molecule has 32 heavy (non-hydrogen) atoms. The fraction of sp³-hybridized carbons (Fsp3) is 0.167. The number of aromatic nitrogens is 3. The van der Waals surface area contributed by atoms with Gasteiger partial charge < -0.3 is 9.30 Å². The first-order valence-corrected chi connectivity index (χ1v) is 9.89. The van der Waals surface area contributed by atoms with Gasteiger partial charge in [-0.3, -0.25) is 9.59 Å². The summed E-state index contributed by atoms with van der Waals surface area (Å²) in [4.78, 5) is 37.7. The largest absolute Gasteiger partial charge is 0.452 e. The number of rotatable bonds is 5. The van der Waals surface area contributed by atoms with Crippen LogP contribution in [0.4, 0.5) is 4.39 Å². The van der Waals surface area contributed by atoms with Crippen LogP contribution < -0.4 is 5.56 Å². The van der Waals surface area contributed by atoms with Crippen LogP contribution in [0.5, 0.6) is 0 Å². The number of carbonyl (C=O) groups is 2. The van der Waals surface area contributed by atoms with Gasteiger partial charge in [-0.05, 0) is 44.2 Å². The second-order valence-electron chi connectivity index (χ2n) is 7.42. The summed E-state index contributed by atoms with van der Waals surface area (Å²) < 4.78 is 21.7. The zero-order valence-electron chi connectivity index (χ0n) is 17.8. The number of aryl methyl sites for hydroxylation is 2. The van der Waals surface area contributed by atoms with Gasteiger partial charge in [0.05, 0.1) is 5.39 Å². The molecule has 0 spiro atoms. The van der Waals surface area contributed by atoms with E-state index in [0.717, 1.165) is 10.4 Å². The molecule has 0 saturated carbocycles. The van der Waals surface area contributed by atoms with Crippen LogP contribution in [0.25, 0.3) is 16.5 Å². The number of ether oxygens (including phenoxy) is 1. The molecule has 0 aliphatic rings. The van der Waals surface area contributed by atoms with Crippen LogP contribution >= 0.6 is 0 Å². The van der Waals surface area contributed by atoms with E-state index in [1.165, 1.54) is 19.2 Å². The Labute approximate surface area is 182 Å². The van der Waals surface area contributed by atoms with Crippen molar-refractivity contribution in [3.05, 3.63) is 93.4 Å². The van der Waals surface area contributed by atoms with E-state index in [9.17, 15) is 18.8 Å². The first kappa shape index (κ1) is 21.2. The Morgan fingerprint density at radius 1 is 1.03 bits per heavy atom. The molecule has 162 valence electrons. The fourth-order valence-electron chi connectivity index (χ4n) is 3.79. The Kier molecular flexibility index (Phi) is 5.44. The Hall–Kier alpha value is -4.07. The van der Waals surface area contributed by atoms with Crippen molar-refractivity contribution >= 4 is 22.5 Å². The highest BCUT2D eigenvalue weighted by Crippen LogP contribution is 2.22. The molecule has 4 aromatic rings. The third kappa shape index (κ3) is 3.71. The highest BCUT2D eigenvalue weighted by molar-refractivity contribution is 6.04. The number of hydrogen-bond donors (Lipinski definition) is 0. The molecular formula is C24H20FN3O4. The van der Waals surface area contributed by atoms with Crippen LogP contribution in [-0.2, 0) is 11.8 Å². The lowest BCUT2D eigenvalue weighted by Gasteiger charge is -2.10. The van der Waals surface area contributed by atoms with Gasteiger partial charge >= 0.3 is 5.97 Å². The van der Waals surface area contributed by atoms with Gasteiger partial charge in [0.15, 0.2) is 12.3 Å². The lowest BCUT2D eigenvalue weighted by Crippen LogP contribution is -2.24. The number of esters is 1. The van der Waals surface area contributed by atoms with Gasteiger partial charge in [-0.15, -0.1) is 0 Å². The topological polar surface area (TPSA) is 83.2 Å². The number of fused-ring (bicyclic) bond motifs is 1. The number of halogens is 1. The van der Waals surface area contributed by atoms with Crippen molar-refractivity contribution in [2.24, 2.45) is 7.05 Å². The van der Waals surface area contributed by atoms with Crippen LogP contribution in [0.3, 0.4) is 0 Å². The average Bonchev–Trinajstić information content (AvgIpc) is 3.08. The van der Waals surface area contributed by atoms with Gasteiger partial charge in [0.1, 0.15) is 5.82 Å². The van der Waals surface area contributed by atoms with Gasteiger partial charge in [-0.25, -0.2) is 13.9 Å². The van der Waals surface area contributed by atoms with E-state index in [4.69, 9.17) is 4.74 Å². The van der Waals surface area contributed by atoms with E-state index in [0.29, 0.717) is 27.7 Å². The van der Waals surface area contributed by atoms with Crippen molar-refractivity contribution in [1.82, 2.24) is 14.3 Å². The quantitative estimate of drug-likeness (QED) is 0.355. The summed E-state index contributed by atoms with van der Waals surface area (Å²) in [6.07, 6.45) is 0. The molecule has 8 heteroatoms. The molecular weight excluding hydrogens is 413 g/mol. The van der Waals surface area contributed by atoms with E-state index < -0.39 is 18.4 Å². The van der Waals surface area contributed by atoms with Crippen molar-refractivity contribution in [2.75, 3.05) is 6.61 Å². The summed E-state index contributed by atoms with van der Waals surface area (Å²) >= 11 is 0. The molecule has 0 fully saturated rings. The van der Waals surface area contributed by atoms with E-state index in [1.54, 1.807) is 60.9 Å².